The number of methoxy groups -OCH3 is 2. The molecule has 1 aliphatic heterocycles. The average molecular weight is 641 g/mol. The van der Waals surface area contributed by atoms with Crippen molar-refractivity contribution in [2.75, 3.05) is 60.8 Å². The summed E-state index contributed by atoms with van der Waals surface area (Å²) in [4.78, 5) is 15.7. The number of allylic oxidation sites excluding steroid dienone is 3. The lowest BCUT2D eigenvalue weighted by Crippen LogP contribution is -2.31. The molecule has 1 atom stereocenters. The second-order valence-electron chi connectivity index (χ2n) is 10.2. The van der Waals surface area contributed by atoms with Crippen molar-refractivity contribution >= 4 is 13.6 Å². The molecule has 2 aromatic carbocycles. The zero-order chi connectivity index (χ0) is 32.3. The highest BCUT2D eigenvalue weighted by Gasteiger charge is 2.45. The summed E-state index contributed by atoms with van der Waals surface area (Å²) in [6.45, 7) is 4.13. The molecule has 1 heterocycles. The van der Waals surface area contributed by atoms with Crippen molar-refractivity contribution in [2.45, 2.75) is 32.5 Å². The number of hydrogen-bond donors (Lipinski definition) is 1. The van der Waals surface area contributed by atoms with E-state index in [9.17, 15) is 22.5 Å². The third-order valence-corrected chi connectivity index (χ3v) is 9.12. The molecule has 0 saturated carbocycles. The number of nitrogens with one attached hydrogen (secondary N) is 1. The maximum absolute atomic E-state index is 14.5. The van der Waals surface area contributed by atoms with E-state index < -0.39 is 31.2 Å². The van der Waals surface area contributed by atoms with E-state index in [2.05, 4.69) is 5.32 Å². The minimum Gasteiger partial charge on any atom is -0.461 e. The van der Waals surface area contributed by atoms with Gasteiger partial charge < -0.3 is 28.6 Å². The van der Waals surface area contributed by atoms with Crippen LogP contribution in [0, 0.1) is 0 Å². The van der Waals surface area contributed by atoms with E-state index in [4.69, 9.17) is 23.3 Å². The molecule has 9 nitrogen and oxygen atoms in total. The van der Waals surface area contributed by atoms with Crippen molar-refractivity contribution in [3.8, 4) is 0 Å². The average Bonchev–Trinajstić information content (AvgIpc) is 2.97. The smallest absolute Gasteiger partial charge is 0.416 e. The van der Waals surface area contributed by atoms with Crippen LogP contribution in [0.2, 0.25) is 0 Å². The van der Waals surface area contributed by atoms with Crippen molar-refractivity contribution < 1.29 is 45.8 Å². The quantitative estimate of drug-likeness (QED) is 0.133. The molecule has 0 aliphatic carbocycles. The van der Waals surface area contributed by atoms with Crippen molar-refractivity contribution in [1.82, 2.24) is 10.2 Å². The fourth-order valence-electron chi connectivity index (χ4n) is 4.84. The topological polar surface area (TPSA) is 95.6 Å². The number of halogens is 3. The van der Waals surface area contributed by atoms with Gasteiger partial charge in [0.05, 0.1) is 48.8 Å². The minimum absolute atomic E-state index is 0.00143. The summed E-state index contributed by atoms with van der Waals surface area (Å²) in [5, 5.41) is 3.06. The van der Waals surface area contributed by atoms with Crippen LogP contribution < -0.4 is 5.32 Å². The number of dihydropyridines is 1. The zero-order valence-corrected chi connectivity index (χ0v) is 26.5. The number of carbonyl (C=O) groups is 1. The molecule has 0 fully saturated rings. The highest BCUT2D eigenvalue weighted by Crippen LogP contribution is 2.64. The van der Waals surface area contributed by atoms with E-state index in [1.165, 1.54) is 26.4 Å². The van der Waals surface area contributed by atoms with Gasteiger partial charge in [-0.25, -0.2) is 4.79 Å². The predicted octanol–water partition coefficient (Wildman–Crippen LogP) is 6.09. The van der Waals surface area contributed by atoms with Gasteiger partial charge in [-0.15, -0.1) is 0 Å². The summed E-state index contributed by atoms with van der Waals surface area (Å²) >= 11 is 0. The fraction of sp³-hybridized carbons (Fsp3) is 0.452. The van der Waals surface area contributed by atoms with Crippen molar-refractivity contribution in [3.05, 3.63) is 93.6 Å². The lowest BCUT2D eigenvalue weighted by Gasteiger charge is -2.35. The van der Waals surface area contributed by atoms with Gasteiger partial charge in [0.2, 0.25) is 0 Å². The van der Waals surface area contributed by atoms with Crippen LogP contribution in [0.25, 0.3) is 0 Å². The number of ether oxygens (including phenoxy) is 3. The van der Waals surface area contributed by atoms with Crippen LogP contribution in [-0.4, -0.2) is 71.7 Å². The Morgan fingerprint density at radius 1 is 0.909 bits per heavy atom. The molecule has 3 rings (SSSR count). The molecule has 0 radical (unpaired) electrons. The van der Waals surface area contributed by atoms with Crippen LogP contribution in [0.1, 0.15) is 36.5 Å². The molecule has 242 valence electrons. The Morgan fingerprint density at radius 2 is 1.55 bits per heavy atom. The highest BCUT2D eigenvalue weighted by atomic mass is 31.2. The lowest BCUT2D eigenvalue weighted by atomic mass is 9.85. The lowest BCUT2D eigenvalue weighted by molar-refractivity contribution is -0.139. The summed E-state index contributed by atoms with van der Waals surface area (Å²) in [6, 6.07) is 14.3. The molecular formula is C31H40F3N2O7P. The van der Waals surface area contributed by atoms with Crippen LogP contribution >= 0.6 is 7.60 Å². The van der Waals surface area contributed by atoms with Crippen LogP contribution in [0.4, 0.5) is 13.2 Å². The maximum Gasteiger partial charge on any atom is 0.416 e. The minimum atomic E-state index is -4.65. The molecule has 0 bridgehead atoms. The molecular weight excluding hydrogens is 600 g/mol. The molecule has 44 heavy (non-hydrogen) atoms. The molecule has 0 amide bonds. The first-order chi connectivity index (χ1) is 20.9. The third kappa shape index (κ3) is 9.50. The van der Waals surface area contributed by atoms with Gasteiger partial charge in [0.15, 0.2) is 0 Å². The first-order valence-electron chi connectivity index (χ1n) is 14.0. The zero-order valence-electron chi connectivity index (χ0n) is 25.6. The Balaban J connectivity index is 2.00. The van der Waals surface area contributed by atoms with E-state index in [1.54, 1.807) is 13.8 Å². The van der Waals surface area contributed by atoms with Gasteiger partial charge in [-0.05, 0) is 38.1 Å². The molecule has 0 saturated heterocycles. The van der Waals surface area contributed by atoms with E-state index >= 15 is 0 Å². The van der Waals surface area contributed by atoms with Gasteiger partial charge in [-0.3, -0.25) is 9.46 Å². The Labute approximate surface area is 256 Å². The molecule has 1 aliphatic rings. The summed E-state index contributed by atoms with van der Waals surface area (Å²) in [7, 11) is 0.517. The molecule has 1 unspecified atom stereocenters. The third-order valence-electron chi connectivity index (χ3n) is 6.89. The van der Waals surface area contributed by atoms with Gasteiger partial charge >= 0.3 is 19.7 Å². The predicted molar refractivity (Wildman–Crippen MR) is 160 cm³/mol. The van der Waals surface area contributed by atoms with E-state index in [0.717, 1.165) is 17.7 Å². The molecule has 13 heteroatoms. The number of alkyl halides is 3. The summed E-state index contributed by atoms with van der Waals surface area (Å²) in [6.07, 6.45) is -4.65. The van der Waals surface area contributed by atoms with E-state index in [-0.39, 0.29) is 49.5 Å². The van der Waals surface area contributed by atoms with Gasteiger partial charge in [0, 0.05) is 38.7 Å². The Hall–Kier alpha value is -2.99. The number of nitrogens with zero attached hydrogens (tertiary/aromatic N) is 1. The van der Waals surface area contributed by atoms with Gasteiger partial charge in [0.1, 0.15) is 6.61 Å². The van der Waals surface area contributed by atoms with Crippen LogP contribution in [0.3, 0.4) is 0 Å². The van der Waals surface area contributed by atoms with Gasteiger partial charge in [-0.1, -0.05) is 48.5 Å². The fourth-order valence-corrected chi connectivity index (χ4v) is 6.88. The Bertz CT molecular complexity index is 1350. The van der Waals surface area contributed by atoms with Crippen molar-refractivity contribution in [3.63, 3.8) is 0 Å². The Kier molecular flexibility index (Phi) is 13.2. The standard InChI is InChI=1S/C31H40F3N2O7P/c1-22-27(30(37)41-15-14-36(3)21-24-10-7-6-8-11-24)28(25-12-9-13-26(20-25)31(32,33)34)29(23(2)35-22)44(38,42-18-16-39-4)43-19-17-40-5/h6-13,20,28,35H,14-19,21H2,1-5H3. The normalized spacial score (nSPS) is 16.0. The second kappa shape index (κ2) is 16.4. The van der Waals surface area contributed by atoms with Crippen LogP contribution in [0.15, 0.2) is 76.9 Å². The Morgan fingerprint density at radius 3 is 2.14 bits per heavy atom. The number of carbonyl (C=O) groups excluding carboxylic acids is 1. The molecule has 1 N–H and O–H groups in total. The monoisotopic (exact) mass is 640 g/mol. The molecule has 0 spiro atoms. The first kappa shape index (κ1) is 35.5. The summed E-state index contributed by atoms with van der Waals surface area (Å²) < 4.78 is 83.2. The summed E-state index contributed by atoms with van der Waals surface area (Å²) in [5.74, 6) is -2.00. The second-order valence-corrected chi connectivity index (χ2v) is 12.2. The number of hydrogen-bond acceptors (Lipinski definition) is 9. The van der Waals surface area contributed by atoms with Gasteiger partial charge in [0.25, 0.3) is 0 Å². The highest BCUT2D eigenvalue weighted by molar-refractivity contribution is 7.58. The number of esters is 1. The van der Waals surface area contributed by atoms with Crippen molar-refractivity contribution in [2.24, 2.45) is 0 Å². The molecule has 0 aromatic heterocycles. The van der Waals surface area contributed by atoms with Crippen molar-refractivity contribution in [1.29, 1.82) is 0 Å². The van der Waals surface area contributed by atoms with E-state index in [1.807, 2.05) is 42.3 Å². The number of likely N-dealkylation sites (N-methyl/N-ethyl adjacent to an activating group) is 1. The van der Waals surface area contributed by atoms with Gasteiger partial charge in [-0.2, -0.15) is 13.2 Å². The van der Waals surface area contributed by atoms with E-state index in [0.29, 0.717) is 24.5 Å². The summed E-state index contributed by atoms with van der Waals surface area (Å²) in [5.41, 5.74) is 0.910. The molecule has 2 aromatic rings. The van der Waals surface area contributed by atoms with Crippen LogP contribution in [0.5, 0.6) is 0 Å². The van der Waals surface area contributed by atoms with Crippen LogP contribution in [-0.2, 0) is 45.3 Å². The SMILES string of the molecule is COCCOP(=O)(OCCOC)C1=C(C)NC(C)=C(C(=O)OCCN(C)Cc2ccccc2)C1c1cccc(C(F)(F)F)c1. The number of rotatable bonds is 16. The largest absolute Gasteiger partial charge is 0.461 e. The number of benzene rings is 2. The maximum atomic E-state index is 14.5. The first-order valence-corrected chi connectivity index (χ1v) is 15.6.